The molecule has 0 saturated heterocycles. The standard InChI is InChI=1S/C16H21N3/c1-5-14-6-8-15(9-7-14)13(4)19-16-17-11(2)10-12(3)18-16/h6-10,13H,5H2,1-4H3,(H,17,18,19). The van der Waals surface area contributed by atoms with E-state index < -0.39 is 0 Å². The zero-order valence-electron chi connectivity index (χ0n) is 12.1. The maximum Gasteiger partial charge on any atom is 0.223 e. The highest BCUT2D eigenvalue weighted by atomic mass is 15.1. The van der Waals surface area contributed by atoms with E-state index in [0.717, 1.165) is 17.8 Å². The van der Waals surface area contributed by atoms with Gasteiger partial charge in [-0.25, -0.2) is 9.97 Å². The maximum atomic E-state index is 4.41. The van der Waals surface area contributed by atoms with Crippen LogP contribution in [0.1, 0.15) is 42.4 Å². The Hall–Kier alpha value is -1.90. The summed E-state index contributed by atoms with van der Waals surface area (Å²) in [4.78, 5) is 8.82. The second-order valence-electron chi connectivity index (χ2n) is 4.94. The second kappa shape index (κ2) is 5.83. The molecule has 0 saturated carbocycles. The Labute approximate surface area is 115 Å². The Morgan fingerprint density at radius 2 is 1.63 bits per heavy atom. The van der Waals surface area contributed by atoms with E-state index in [2.05, 4.69) is 53.4 Å². The molecule has 1 heterocycles. The van der Waals surface area contributed by atoms with E-state index in [1.54, 1.807) is 0 Å². The molecule has 1 aromatic heterocycles. The molecule has 0 aliphatic heterocycles. The summed E-state index contributed by atoms with van der Waals surface area (Å²) in [6.07, 6.45) is 1.07. The monoisotopic (exact) mass is 255 g/mol. The van der Waals surface area contributed by atoms with Crippen LogP contribution in [-0.2, 0) is 6.42 Å². The van der Waals surface area contributed by atoms with Crippen molar-refractivity contribution in [3.63, 3.8) is 0 Å². The molecule has 19 heavy (non-hydrogen) atoms. The van der Waals surface area contributed by atoms with Crippen LogP contribution in [0.2, 0.25) is 0 Å². The van der Waals surface area contributed by atoms with Crippen LogP contribution in [-0.4, -0.2) is 9.97 Å². The molecule has 0 aliphatic carbocycles. The van der Waals surface area contributed by atoms with Gasteiger partial charge in [0.15, 0.2) is 0 Å². The molecule has 0 amide bonds. The molecule has 0 bridgehead atoms. The zero-order chi connectivity index (χ0) is 13.8. The lowest BCUT2D eigenvalue weighted by Crippen LogP contribution is -2.10. The van der Waals surface area contributed by atoms with Gasteiger partial charge in [-0.2, -0.15) is 0 Å². The minimum atomic E-state index is 0.201. The average molecular weight is 255 g/mol. The third-order valence-electron chi connectivity index (χ3n) is 3.22. The number of benzene rings is 1. The molecule has 0 aliphatic rings. The Balaban J connectivity index is 2.13. The van der Waals surface area contributed by atoms with Crippen molar-refractivity contribution < 1.29 is 0 Å². The largest absolute Gasteiger partial charge is 0.348 e. The lowest BCUT2D eigenvalue weighted by molar-refractivity contribution is 0.851. The highest BCUT2D eigenvalue weighted by molar-refractivity contribution is 5.34. The summed E-state index contributed by atoms with van der Waals surface area (Å²) in [7, 11) is 0. The van der Waals surface area contributed by atoms with Gasteiger partial charge in [0.25, 0.3) is 0 Å². The van der Waals surface area contributed by atoms with Crippen LogP contribution < -0.4 is 5.32 Å². The van der Waals surface area contributed by atoms with Crippen LogP contribution >= 0.6 is 0 Å². The first-order valence-corrected chi connectivity index (χ1v) is 6.76. The number of rotatable bonds is 4. The highest BCUT2D eigenvalue weighted by Crippen LogP contribution is 2.18. The van der Waals surface area contributed by atoms with E-state index >= 15 is 0 Å². The number of nitrogens with zero attached hydrogens (tertiary/aromatic N) is 2. The maximum absolute atomic E-state index is 4.41. The van der Waals surface area contributed by atoms with Crippen molar-refractivity contribution in [2.45, 2.75) is 40.2 Å². The molecule has 0 spiro atoms. The number of aryl methyl sites for hydroxylation is 3. The Morgan fingerprint density at radius 3 is 2.16 bits per heavy atom. The van der Waals surface area contributed by atoms with E-state index in [0.29, 0.717) is 5.95 Å². The van der Waals surface area contributed by atoms with Crippen LogP contribution in [0, 0.1) is 13.8 Å². The molecule has 1 aromatic carbocycles. The summed E-state index contributed by atoms with van der Waals surface area (Å²) in [5.41, 5.74) is 4.59. The average Bonchev–Trinajstić information content (AvgIpc) is 2.37. The van der Waals surface area contributed by atoms with Crippen molar-refractivity contribution in [2.75, 3.05) is 5.32 Å². The topological polar surface area (TPSA) is 37.8 Å². The van der Waals surface area contributed by atoms with Gasteiger partial charge in [-0.05, 0) is 44.4 Å². The molecule has 2 rings (SSSR count). The minimum absolute atomic E-state index is 0.201. The number of anilines is 1. The molecule has 100 valence electrons. The molecule has 1 N–H and O–H groups in total. The molecule has 1 atom stereocenters. The number of hydrogen-bond donors (Lipinski definition) is 1. The lowest BCUT2D eigenvalue weighted by Gasteiger charge is -2.15. The molecular formula is C16H21N3. The Kier molecular flexibility index (Phi) is 4.15. The Morgan fingerprint density at radius 1 is 1.05 bits per heavy atom. The molecule has 0 fully saturated rings. The first-order chi connectivity index (χ1) is 9.08. The van der Waals surface area contributed by atoms with Gasteiger partial charge in [-0.15, -0.1) is 0 Å². The van der Waals surface area contributed by atoms with Gasteiger partial charge < -0.3 is 5.32 Å². The van der Waals surface area contributed by atoms with Crippen molar-refractivity contribution in [1.82, 2.24) is 9.97 Å². The summed E-state index contributed by atoms with van der Waals surface area (Å²) in [6.45, 7) is 8.27. The van der Waals surface area contributed by atoms with Gasteiger partial charge in [-0.3, -0.25) is 0 Å². The second-order valence-corrected chi connectivity index (χ2v) is 4.94. The normalized spacial score (nSPS) is 12.2. The summed E-state index contributed by atoms with van der Waals surface area (Å²) in [5.74, 6) is 0.699. The number of nitrogens with one attached hydrogen (secondary N) is 1. The molecular weight excluding hydrogens is 234 g/mol. The number of aromatic nitrogens is 2. The molecule has 3 nitrogen and oxygen atoms in total. The van der Waals surface area contributed by atoms with Gasteiger partial charge in [0, 0.05) is 11.4 Å². The Bertz CT molecular complexity index is 526. The predicted octanol–water partition coefficient (Wildman–Crippen LogP) is 3.83. The van der Waals surface area contributed by atoms with Gasteiger partial charge >= 0.3 is 0 Å². The van der Waals surface area contributed by atoms with E-state index in [-0.39, 0.29) is 6.04 Å². The highest BCUT2D eigenvalue weighted by Gasteiger charge is 2.07. The van der Waals surface area contributed by atoms with Crippen LogP contribution in [0.5, 0.6) is 0 Å². The fraction of sp³-hybridized carbons (Fsp3) is 0.375. The van der Waals surface area contributed by atoms with Crippen molar-refractivity contribution in [3.05, 3.63) is 52.8 Å². The number of hydrogen-bond acceptors (Lipinski definition) is 3. The van der Waals surface area contributed by atoms with Gasteiger partial charge in [0.05, 0.1) is 6.04 Å². The van der Waals surface area contributed by atoms with E-state index in [1.165, 1.54) is 11.1 Å². The molecule has 0 radical (unpaired) electrons. The van der Waals surface area contributed by atoms with E-state index in [1.807, 2.05) is 19.9 Å². The minimum Gasteiger partial charge on any atom is -0.348 e. The first-order valence-electron chi connectivity index (χ1n) is 6.76. The third-order valence-corrected chi connectivity index (χ3v) is 3.22. The summed E-state index contributed by atoms with van der Waals surface area (Å²) in [6, 6.07) is 10.9. The lowest BCUT2D eigenvalue weighted by atomic mass is 10.1. The molecule has 3 heteroatoms. The van der Waals surface area contributed by atoms with E-state index in [9.17, 15) is 0 Å². The first kappa shape index (κ1) is 13.5. The summed E-state index contributed by atoms with van der Waals surface area (Å²) >= 11 is 0. The molecule has 2 aromatic rings. The van der Waals surface area contributed by atoms with Gasteiger partial charge in [0.1, 0.15) is 0 Å². The van der Waals surface area contributed by atoms with Crippen LogP contribution in [0.3, 0.4) is 0 Å². The van der Waals surface area contributed by atoms with Gasteiger partial charge in [-0.1, -0.05) is 31.2 Å². The van der Waals surface area contributed by atoms with Crippen molar-refractivity contribution in [2.24, 2.45) is 0 Å². The van der Waals surface area contributed by atoms with Crippen molar-refractivity contribution in [3.8, 4) is 0 Å². The van der Waals surface area contributed by atoms with E-state index in [4.69, 9.17) is 0 Å². The van der Waals surface area contributed by atoms with Crippen LogP contribution in [0.15, 0.2) is 30.3 Å². The quantitative estimate of drug-likeness (QED) is 0.902. The van der Waals surface area contributed by atoms with Gasteiger partial charge in [0.2, 0.25) is 5.95 Å². The smallest absolute Gasteiger partial charge is 0.223 e. The fourth-order valence-corrected chi connectivity index (χ4v) is 2.11. The van der Waals surface area contributed by atoms with Crippen molar-refractivity contribution >= 4 is 5.95 Å². The van der Waals surface area contributed by atoms with Crippen molar-refractivity contribution in [1.29, 1.82) is 0 Å². The summed E-state index contributed by atoms with van der Waals surface area (Å²) < 4.78 is 0. The summed E-state index contributed by atoms with van der Waals surface area (Å²) in [5, 5.41) is 3.36. The fourth-order valence-electron chi connectivity index (χ4n) is 2.11. The SMILES string of the molecule is CCc1ccc(C(C)Nc2nc(C)cc(C)n2)cc1. The van der Waals surface area contributed by atoms with Crippen LogP contribution in [0.25, 0.3) is 0 Å². The third kappa shape index (κ3) is 3.53. The zero-order valence-corrected chi connectivity index (χ0v) is 12.1. The predicted molar refractivity (Wildman–Crippen MR) is 79.4 cm³/mol. The molecule has 1 unspecified atom stereocenters. The van der Waals surface area contributed by atoms with Crippen LogP contribution in [0.4, 0.5) is 5.95 Å².